The molecule has 5 N–H and O–H groups in total. The zero-order chi connectivity index (χ0) is 28.3. The predicted octanol–water partition coefficient (Wildman–Crippen LogP) is 4.66. The molecular formula is C28H38Cl2F2N4O5. The lowest BCUT2D eigenvalue weighted by Crippen LogP contribution is -2.33. The van der Waals surface area contributed by atoms with Crippen LogP contribution in [0.15, 0.2) is 28.5 Å². The quantitative estimate of drug-likeness (QED) is 0.292. The second kappa shape index (κ2) is 14.9. The first kappa shape index (κ1) is 34.5. The van der Waals surface area contributed by atoms with E-state index in [1.807, 2.05) is 0 Å². The van der Waals surface area contributed by atoms with E-state index < -0.39 is 34.6 Å². The zero-order valence-electron chi connectivity index (χ0n) is 23.0. The number of aromatic nitrogens is 1. The van der Waals surface area contributed by atoms with Crippen molar-refractivity contribution in [1.82, 2.24) is 4.57 Å². The second-order valence-electron chi connectivity index (χ2n) is 10.3. The van der Waals surface area contributed by atoms with Crippen molar-refractivity contribution >= 4 is 53.2 Å². The van der Waals surface area contributed by atoms with E-state index in [0.717, 1.165) is 31.7 Å². The Balaban J connectivity index is 0.00000294. The highest BCUT2D eigenvalue weighted by atomic mass is 35.5. The molecule has 1 saturated carbocycles. The highest BCUT2D eigenvalue weighted by Crippen LogP contribution is 2.44. The van der Waals surface area contributed by atoms with Gasteiger partial charge in [0.15, 0.2) is 11.6 Å². The number of piperidine rings is 1. The molecule has 0 radical (unpaired) electrons. The van der Waals surface area contributed by atoms with Gasteiger partial charge in [-0.15, -0.1) is 24.8 Å². The van der Waals surface area contributed by atoms with Gasteiger partial charge in [0.1, 0.15) is 22.9 Å². The number of hydrogen-bond acceptors (Lipinski definition) is 7. The Morgan fingerprint density at radius 1 is 1.22 bits per heavy atom. The Hall–Kier alpha value is -2.73. The molecule has 228 valence electrons. The van der Waals surface area contributed by atoms with E-state index in [1.54, 1.807) is 9.47 Å². The lowest BCUT2D eigenvalue weighted by Gasteiger charge is -2.33. The Morgan fingerprint density at radius 2 is 1.93 bits per heavy atom. The lowest BCUT2D eigenvalue weighted by molar-refractivity contribution is -0.120. The number of hydrogen-bond donors (Lipinski definition) is 3. The normalized spacial score (nSPS) is 17.0. The van der Waals surface area contributed by atoms with Crippen molar-refractivity contribution in [2.45, 2.75) is 69.9 Å². The van der Waals surface area contributed by atoms with Crippen molar-refractivity contribution in [2.75, 3.05) is 31.6 Å². The van der Waals surface area contributed by atoms with Crippen molar-refractivity contribution in [3.8, 4) is 5.75 Å². The summed E-state index contributed by atoms with van der Waals surface area (Å²) < 4.78 is 38.2. The fourth-order valence-corrected chi connectivity index (χ4v) is 5.27. The summed E-state index contributed by atoms with van der Waals surface area (Å²) in [6.07, 6.45) is 5.89. The summed E-state index contributed by atoms with van der Waals surface area (Å²) in [5.41, 5.74) is 11.1. The number of benzene rings is 1. The molecule has 1 aromatic heterocycles. The van der Waals surface area contributed by atoms with Crippen LogP contribution in [0.5, 0.6) is 5.75 Å². The highest BCUT2D eigenvalue weighted by molar-refractivity contribution is 5.97. The van der Waals surface area contributed by atoms with Gasteiger partial charge in [-0.05, 0) is 56.7 Å². The van der Waals surface area contributed by atoms with Crippen LogP contribution < -0.4 is 26.5 Å². The van der Waals surface area contributed by atoms with Crippen molar-refractivity contribution < 1.29 is 28.2 Å². The third kappa shape index (κ3) is 7.57. The minimum atomic E-state index is -1.38. The van der Waals surface area contributed by atoms with Gasteiger partial charge in [-0.2, -0.15) is 0 Å². The van der Waals surface area contributed by atoms with E-state index in [2.05, 4.69) is 0 Å². The first-order valence-electron chi connectivity index (χ1n) is 13.5. The maximum Gasteiger partial charge on any atom is 0.341 e. The molecule has 0 bridgehead atoms. The summed E-state index contributed by atoms with van der Waals surface area (Å²) >= 11 is 0. The molecule has 2 fully saturated rings. The number of allylic oxidation sites excluding steroid dienone is 1. The van der Waals surface area contributed by atoms with E-state index in [4.69, 9.17) is 16.2 Å². The molecule has 1 atom stereocenters. The average molecular weight is 620 g/mol. The van der Waals surface area contributed by atoms with Crippen LogP contribution in [0.2, 0.25) is 0 Å². The van der Waals surface area contributed by atoms with E-state index in [9.17, 15) is 19.5 Å². The van der Waals surface area contributed by atoms with Gasteiger partial charge in [0, 0.05) is 38.2 Å². The lowest BCUT2D eigenvalue weighted by atomic mass is 9.98. The molecule has 2 aromatic rings. The molecule has 1 aliphatic heterocycles. The molecule has 0 amide bonds. The molecule has 1 aliphatic carbocycles. The van der Waals surface area contributed by atoms with Crippen LogP contribution in [0.3, 0.4) is 0 Å². The fourth-order valence-electron chi connectivity index (χ4n) is 5.27. The number of Topliss-reactive ketones (excluding diaryl/α,β-unsaturated/α-hetero) is 1. The third-order valence-corrected chi connectivity index (χ3v) is 7.53. The molecule has 2 heterocycles. The van der Waals surface area contributed by atoms with Crippen LogP contribution in [0.1, 0.15) is 74.2 Å². The van der Waals surface area contributed by atoms with E-state index in [0.29, 0.717) is 43.4 Å². The Morgan fingerprint density at radius 3 is 2.54 bits per heavy atom. The number of aromatic carboxylic acids is 1. The van der Waals surface area contributed by atoms with Gasteiger partial charge in [0.2, 0.25) is 5.43 Å². The Labute approximate surface area is 249 Å². The van der Waals surface area contributed by atoms with Crippen molar-refractivity contribution in [3.63, 3.8) is 0 Å². The molecule has 13 heteroatoms. The number of anilines is 1. The summed E-state index contributed by atoms with van der Waals surface area (Å²) in [5.74, 6) is -2.61. The number of methoxy groups -OCH3 is 1. The molecule has 1 aromatic carbocycles. The molecule has 41 heavy (non-hydrogen) atoms. The minimum absolute atomic E-state index is 0. The molecule has 0 spiro atoms. The van der Waals surface area contributed by atoms with Crippen LogP contribution in [0.25, 0.3) is 10.9 Å². The number of nitrogens with zero attached hydrogens (tertiary/aromatic N) is 2. The number of carboxylic acid groups (broad SMARTS) is 1. The predicted molar refractivity (Wildman–Crippen MR) is 159 cm³/mol. The number of carbonyl (C=O) groups is 2. The van der Waals surface area contributed by atoms with Gasteiger partial charge in [-0.25, -0.2) is 13.6 Å². The largest absolute Gasteiger partial charge is 0.492 e. The van der Waals surface area contributed by atoms with Gasteiger partial charge in [0.05, 0.1) is 24.1 Å². The van der Waals surface area contributed by atoms with Crippen LogP contribution in [-0.2, 0) is 4.79 Å². The molecule has 0 unspecified atom stereocenters. The summed E-state index contributed by atoms with van der Waals surface area (Å²) in [6, 6.07) is 0.394. The van der Waals surface area contributed by atoms with Gasteiger partial charge in [-0.1, -0.05) is 6.42 Å². The minimum Gasteiger partial charge on any atom is -0.492 e. The molecule has 4 rings (SSSR count). The SMILES string of the molecule is COc1c(N2CCC/C(=C(\F)CCC(=O)[C@@H](N)CCCCN)C2)c(F)cc2c(=O)c(C(=O)O)cn(C3CC3)c12.Cl.Cl. The zero-order valence-corrected chi connectivity index (χ0v) is 24.6. The standard InChI is InChI=1S/C28H36F2N4O5.2ClH/c1-39-27-24-18(26(36)19(28(37)38)15-34(24)17-7-8-17)13-21(30)25(27)33-12-4-5-16(14-33)20(29)9-10-23(35)22(32)6-2-3-11-31;;/h13,15,17,22H,2-12,14,31-32H2,1H3,(H,37,38);2*1H/b20-16+;;/t22-;;/m0../s1. The highest BCUT2D eigenvalue weighted by Gasteiger charge is 2.32. The molecule has 2 aliphatic rings. The Kier molecular flexibility index (Phi) is 12.6. The fraction of sp³-hybridized carbons (Fsp3) is 0.536. The number of ether oxygens (including phenoxy) is 1. The summed E-state index contributed by atoms with van der Waals surface area (Å²) in [7, 11) is 1.37. The van der Waals surface area contributed by atoms with Gasteiger partial charge in [0.25, 0.3) is 0 Å². The van der Waals surface area contributed by atoms with Gasteiger partial charge >= 0.3 is 5.97 Å². The van der Waals surface area contributed by atoms with Gasteiger partial charge < -0.3 is 30.8 Å². The van der Waals surface area contributed by atoms with Crippen molar-refractivity contribution in [2.24, 2.45) is 11.5 Å². The first-order chi connectivity index (χ1) is 18.7. The molecular weight excluding hydrogens is 581 g/mol. The number of fused-ring (bicyclic) bond motifs is 1. The number of carbonyl (C=O) groups excluding carboxylic acids is 1. The monoisotopic (exact) mass is 618 g/mol. The molecule has 1 saturated heterocycles. The number of nitrogens with two attached hydrogens (primary N) is 2. The van der Waals surface area contributed by atoms with E-state index in [1.165, 1.54) is 13.3 Å². The van der Waals surface area contributed by atoms with E-state index in [-0.39, 0.29) is 72.8 Å². The number of pyridine rings is 1. The molecule has 9 nitrogen and oxygen atoms in total. The van der Waals surface area contributed by atoms with Gasteiger partial charge in [-0.3, -0.25) is 9.59 Å². The van der Waals surface area contributed by atoms with E-state index >= 15 is 8.78 Å². The number of halogens is 4. The summed E-state index contributed by atoms with van der Waals surface area (Å²) in [5, 5.41) is 9.45. The smallest absolute Gasteiger partial charge is 0.341 e. The van der Waals surface area contributed by atoms with Crippen molar-refractivity contribution in [1.29, 1.82) is 0 Å². The number of carboxylic acids is 1. The number of unbranched alkanes of at least 4 members (excludes halogenated alkanes) is 1. The van der Waals surface area contributed by atoms with Crippen LogP contribution in [0, 0.1) is 5.82 Å². The van der Waals surface area contributed by atoms with Crippen molar-refractivity contribution in [3.05, 3.63) is 45.3 Å². The average Bonchev–Trinajstić information content (AvgIpc) is 3.76. The maximum atomic E-state index is 15.6. The number of ketones is 1. The van der Waals surface area contributed by atoms with Crippen LogP contribution in [-0.4, -0.2) is 54.2 Å². The second-order valence-corrected chi connectivity index (χ2v) is 10.3. The summed E-state index contributed by atoms with van der Waals surface area (Å²) in [6.45, 7) is 1.06. The maximum absolute atomic E-state index is 15.6. The Bertz CT molecular complexity index is 1360. The summed E-state index contributed by atoms with van der Waals surface area (Å²) in [4.78, 5) is 38.7. The number of rotatable bonds is 12. The topological polar surface area (TPSA) is 141 Å². The first-order valence-corrected chi connectivity index (χ1v) is 13.5. The van der Waals surface area contributed by atoms with Crippen LogP contribution >= 0.6 is 24.8 Å². The van der Waals surface area contributed by atoms with Crippen LogP contribution in [0.4, 0.5) is 14.5 Å². The third-order valence-electron chi connectivity index (χ3n) is 7.53.